The monoisotopic (exact) mass is 1560 g/mol. The zero-order valence-electron chi connectivity index (χ0n) is 60.6. The predicted octanol–water partition coefficient (Wildman–Crippen LogP) is 28.3. The highest BCUT2D eigenvalue weighted by atomic mass is 35.5. The van der Waals surface area contributed by atoms with Gasteiger partial charge in [-0.3, -0.25) is 0 Å². The first-order valence-corrected chi connectivity index (χ1v) is 82.4. The second-order valence-electron chi connectivity index (χ2n) is 37.4. The Labute approximate surface area is 588 Å². The summed E-state index contributed by atoms with van der Waals surface area (Å²) in [4.78, 5) is 0. The van der Waals surface area contributed by atoms with Crippen LogP contribution in [-0.4, -0.2) is 149 Å². The van der Waals surface area contributed by atoms with E-state index in [1.807, 2.05) is 0 Å². The van der Waals surface area contributed by atoms with E-state index < -0.39 is 105 Å². The normalized spacial score (nSPS) is 14.5. The van der Waals surface area contributed by atoms with E-state index in [2.05, 4.69) is 131 Å². The topological polar surface area (TPSA) is 0 Å². The van der Waals surface area contributed by atoms with Gasteiger partial charge in [0.1, 0.15) is 0 Å². The van der Waals surface area contributed by atoms with Gasteiger partial charge < -0.3 is 0 Å². The van der Waals surface area contributed by atoms with Gasteiger partial charge in [0.25, 0.3) is 0 Å². The van der Waals surface area contributed by atoms with Crippen LogP contribution in [0.1, 0.15) is 77.0 Å². The summed E-state index contributed by atoms with van der Waals surface area (Å²) < 4.78 is 0. The fraction of sp³-hybridized carbons (Fsp3) is 1.00. The van der Waals surface area contributed by atoms with Crippen molar-refractivity contribution in [3.05, 3.63) is 0 Å². The fourth-order valence-electron chi connectivity index (χ4n) is 14.3. The van der Waals surface area contributed by atoms with Crippen LogP contribution in [0.3, 0.4) is 0 Å². The van der Waals surface area contributed by atoms with Crippen LogP contribution in [0.2, 0.25) is 276 Å². The number of hydrogen-bond acceptors (Lipinski definition) is 0. The van der Waals surface area contributed by atoms with Crippen LogP contribution >= 0.6 is 92.8 Å². The van der Waals surface area contributed by atoms with Gasteiger partial charge in [-0.15, -0.1) is 92.8 Å². The lowest BCUT2D eigenvalue weighted by Crippen LogP contribution is -2.39. The summed E-state index contributed by atoms with van der Waals surface area (Å²) >= 11 is 53.5. The van der Waals surface area contributed by atoms with Gasteiger partial charge in [-0.1, -0.05) is 353 Å². The predicted molar refractivity (Wildman–Crippen MR) is 449 cm³/mol. The molecule has 0 rings (SSSR count). The van der Waals surface area contributed by atoms with E-state index in [1.54, 1.807) is 48.4 Å². The molecule has 0 aromatic rings. The van der Waals surface area contributed by atoms with E-state index in [4.69, 9.17) is 92.8 Å². The van der Waals surface area contributed by atoms with E-state index >= 15 is 0 Å². The first-order valence-electron chi connectivity index (χ1n) is 35.5. The molecule has 0 heterocycles. The van der Waals surface area contributed by atoms with Crippen molar-refractivity contribution in [2.45, 2.75) is 353 Å². The molecule has 0 aliphatic rings. The second kappa shape index (κ2) is 42.8. The van der Waals surface area contributed by atoms with Crippen LogP contribution in [0, 0.1) is 0 Å². The lowest BCUT2D eigenvalue weighted by Gasteiger charge is -2.38. The Morgan fingerprint density at radius 1 is 0.141 bits per heavy atom. The standard InChI is InChI=1S/C64H148Cl8Si13/c1-73(2,57-65)33-21-41-81(17,42-22-34-74(3,4)58-66)49-29-53-85(54-30-50-82(18,43-23-35-75(5,6)59-67)44-24-36-76(7,8)60-68,55-31-51-83(19,45-25-37-77(9,10)61-69)46-26-38-78(11,12)62-70)56-32-52-84(20,47-27-39-79(13,14)63-71)48-28-40-80(15,16)64-72/h21-64H2,1-20H3. The molecule has 0 nitrogen and oxygen atoms in total. The Balaban J connectivity index is 8.00. The Kier molecular flexibility index (Phi) is 45.4. The molecule has 85 heavy (non-hydrogen) atoms. The molecule has 0 aliphatic carbocycles. The summed E-state index contributed by atoms with van der Waals surface area (Å²) in [6.07, 6.45) is 17.4. The average molecular weight is 1570 g/mol. The molecule has 0 fully saturated rings. The maximum atomic E-state index is 6.69. The largest absolute Gasteiger partial charge is 0.130 e. The summed E-state index contributed by atoms with van der Waals surface area (Å²) in [6.45, 7) is 52.3. The molecule has 0 N–H and O–H groups in total. The van der Waals surface area contributed by atoms with E-state index in [9.17, 15) is 0 Å². The summed E-state index contributed by atoms with van der Waals surface area (Å²) in [5, 5.41) is 0. The zero-order chi connectivity index (χ0) is 65.6. The second-order valence-corrected chi connectivity index (χ2v) is 110. The molecule has 0 unspecified atom stereocenters. The van der Waals surface area contributed by atoms with Crippen LogP contribution in [-0.2, 0) is 0 Å². The highest BCUT2D eigenvalue weighted by Gasteiger charge is 2.40. The molecule has 0 aromatic carbocycles. The van der Waals surface area contributed by atoms with Crippen LogP contribution in [0.25, 0.3) is 0 Å². The van der Waals surface area contributed by atoms with Crippen molar-refractivity contribution < 1.29 is 0 Å². The number of halogens is 8. The lowest BCUT2D eigenvalue weighted by molar-refractivity contribution is 0.834. The van der Waals surface area contributed by atoms with Crippen molar-refractivity contribution in [3.8, 4) is 0 Å². The van der Waals surface area contributed by atoms with E-state index in [1.165, 1.54) is 174 Å². The van der Waals surface area contributed by atoms with Crippen LogP contribution in [0.15, 0.2) is 0 Å². The van der Waals surface area contributed by atoms with Crippen molar-refractivity contribution in [2.24, 2.45) is 0 Å². The molecule has 0 aliphatic heterocycles. The quantitative estimate of drug-likeness (QED) is 0.0421. The minimum Gasteiger partial charge on any atom is -0.130 e. The number of rotatable bonds is 56. The van der Waals surface area contributed by atoms with E-state index in [0.29, 0.717) is 0 Å². The van der Waals surface area contributed by atoms with Gasteiger partial charge in [0, 0.05) is 44.0 Å². The molecule has 0 saturated heterocycles. The molecular weight excluding hydrogens is 1420 g/mol. The molecule has 0 saturated carbocycles. The number of hydrogen-bond donors (Lipinski definition) is 0. The van der Waals surface area contributed by atoms with Crippen molar-refractivity contribution in [3.63, 3.8) is 0 Å². The van der Waals surface area contributed by atoms with Gasteiger partial charge in [0.2, 0.25) is 0 Å². The number of alkyl halides is 8. The summed E-state index contributed by atoms with van der Waals surface area (Å²) in [5.41, 5.74) is 7.23. The molecule has 0 bridgehead atoms. The van der Waals surface area contributed by atoms with Gasteiger partial charge in [0.05, 0.1) is 105 Å². The molecule has 512 valence electrons. The molecule has 0 radical (unpaired) electrons. The van der Waals surface area contributed by atoms with Crippen LogP contribution in [0.5, 0.6) is 0 Å². The van der Waals surface area contributed by atoms with E-state index in [-0.39, 0.29) is 0 Å². The van der Waals surface area contributed by atoms with Crippen LogP contribution < -0.4 is 0 Å². The minimum atomic E-state index is -1.73. The SMILES string of the molecule is C[Si](C)(CCl)CCC[Si](C)(CCC[Si](C)(C)CCl)CCC[Si](CCC[Si](C)(CCC[Si](C)(C)CCl)CCC[Si](C)(C)CCl)(CCC[Si](C)(CCC[Si](C)(C)CCl)CCC[Si](C)(C)CCl)CCC[Si](C)(CCC[Si](C)(C)CCl)CCC[Si](C)(C)CCl. The fourth-order valence-corrected chi connectivity index (χ4v) is 52.5. The summed E-state index contributed by atoms with van der Waals surface area (Å²) in [5.74, 6) is 0. The lowest BCUT2D eigenvalue weighted by atomic mass is 10.5. The van der Waals surface area contributed by atoms with E-state index in [0.717, 1.165) is 44.0 Å². The third kappa shape index (κ3) is 43.2. The smallest absolute Gasteiger partial charge is 0.0639 e. The maximum Gasteiger partial charge on any atom is 0.0639 e. The van der Waals surface area contributed by atoms with Crippen molar-refractivity contribution in [2.75, 3.05) is 44.0 Å². The van der Waals surface area contributed by atoms with Gasteiger partial charge in [-0.2, -0.15) is 0 Å². The highest BCUT2D eigenvalue weighted by Crippen LogP contribution is 2.43. The average Bonchev–Trinajstić information content (AvgIpc) is 3.62. The van der Waals surface area contributed by atoms with Gasteiger partial charge in [-0.05, 0) is 0 Å². The Bertz CT molecular complexity index is 1400. The van der Waals surface area contributed by atoms with Gasteiger partial charge in [0.15, 0.2) is 0 Å². The third-order valence-electron chi connectivity index (χ3n) is 21.9. The minimum absolute atomic E-state index is 0.904. The molecular formula is C64H148Cl8Si13. The molecule has 21 heteroatoms. The van der Waals surface area contributed by atoms with Crippen molar-refractivity contribution >= 4 is 198 Å². The molecule has 0 aromatic heterocycles. The third-order valence-corrected chi connectivity index (χ3v) is 83.1. The molecule has 0 amide bonds. The zero-order valence-corrected chi connectivity index (χ0v) is 79.7. The van der Waals surface area contributed by atoms with Crippen molar-refractivity contribution in [1.82, 2.24) is 0 Å². The van der Waals surface area contributed by atoms with Gasteiger partial charge in [-0.25, -0.2) is 0 Å². The first kappa shape index (κ1) is 90.1. The first-order chi connectivity index (χ1) is 39.0. The van der Waals surface area contributed by atoms with Crippen molar-refractivity contribution in [1.29, 1.82) is 0 Å². The Morgan fingerprint density at radius 2 is 0.235 bits per heavy atom. The highest BCUT2D eigenvalue weighted by molar-refractivity contribution is 6.88. The maximum absolute atomic E-state index is 6.69. The van der Waals surface area contributed by atoms with Gasteiger partial charge >= 0.3 is 0 Å². The van der Waals surface area contributed by atoms with Crippen LogP contribution in [0.4, 0.5) is 0 Å². The summed E-state index contributed by atoms with van der Waals surface area (Å²) in [6, 6.07) is 36.0. The molecule has 0 atom stereocenters. The Hall–Kier alpha value is 5.14. The summed E-state index contributed by atoms with van der Waals surface area (Å²) in [7, 11) is -18.5. The Morgan fingerprint density at radius 3 is 0.329 bits per heavy atom. The molecule has 0 spiro atoms.